The van der Waals surface area contributed by atoms with Gasteiger partial charge in [0.25, 0.3) is 11.8 Å². The first-order valence-electron chi connectivity index (χ1n) is 8.61. The van der Waals surface area contributed by atoms with Crippen LogP contribution >= 0.6 is 0 Å². The van der Waals surface area contributed by atoms with Gasteiger partial charge in [0.15, 0.2) is 6.61 Å². The molecule has 0 unspecified atom stereocenters. The van der Waals surface area contributed by atoms with Gasteiger partial charge in [0.05, 0.1) is 5.97 Å². The molecular weight excluding hydrogens is 348 g/mol. The smallest absolute Gasteiger partial charge is 0.260 e. The number of hydrogen-bond donors (Lipinski definition) is 0. The van der Waals surface area contributed by atoms with Gasteiger partial charge >= 0.3 is 0 Å². The average Bonchev–Trinajstić information content (AvgIpc) is 2.72. The summed E-state index contributed by atoms with van der Waals surface area (Å²) in [7, 11) is 0. The number of amides is 2. The van der Waals surface area contributed by atoms with Gasteiger partial charge in [-0.2, -0.15) is 0 Å². The van der Waals surface area contributed by atoms with Crippen LogP contribution in [0.3, 0.4) is 0 Å². The molecule has 2 aromatic rings. The molecule has 1 aliphatic heterocycles. The fourth-order valence-electron chi connectivity index (χ4n) is 2.87. The lowest BCUT2D eigenvalue weighted by atomic mass is 10.1. The number of ether oxygens (including phenoxy) is 1. The molecule has 1 heterocycles. The van der Waals surface area contributed by atoms with Gasteiger partial charge in [-0.3, -0.25) is 9.59 Å². The van der Waals surface area contributed by atoms with E-state index in [-0.39, 0.29) is 24.0 Å². The molecule has 0 atom stereocenters. The molecule has 0 spiro atoms. The highest BCUT2D eigenvalue weighted by Crippen LogP contribution is 2.12. The Hall–Kier alpha value is -3.35. The number of nitrogens with zero attached hydrogens (tertiary/aromatic N) is 2. The molecule has 3 rings (SSSR count). The van der Waals surface area contributed by atoms with E-state index in [4.69, 9.17) is 4.74 Å². The number of rotatable bonds is 5. The highest BCUT2D eigenvalue weighted by atomic mass is 16.5. The Morgan fingerprint density at radius 3 is 2.15 bits per heavy atom. The second-order valence-corrected chi connectivity index (χ2v) is 6.14. The largest absolute Gasteiger partial charge is 0.545 e. The summed E-state index contributed by atoms with van der Waals surface area (Å²) >= 11 is 0. The van der Waals surface area contributed by atoms with Gasteiger partial charge < -0.3 is 24.4 Å². The van der Waals surface area contributed by atoms with Crippen LogP contribution in [0.5, 0.6) is 5.75 Å². The molecule has 0 saturated carbocycles. The van der Waals surface area contributed by atoms with Crippen molar-refractivity contribution in [2.45, 2.75) is 0 Å². The minimum atomic E-state index is -1.32. The third-order valence-electron chi connectivity index (χ3n) is 4.37. The predicted octanol–water partition coefficient (Wildman–Crippen LogP) is 0.413. The summed E-state index contributed by atoms with van der Waals surface area (Å²) in [6.07, 6.45) is 0. The molecule has 0 aliphatic carbocycles. The normalized spacial score (nSPS) is 13.9. The lowest BCUT2D eigenvalue weighted by Crippen LogP contribution is -2.51. The van der Waals surface area contributed by atoms with E-state index in [0.717, 1.165) is 0 Å². The monoisotopic (exact) mass is 367 g/mol. The Labute approximate surface area is 156 Å². The Bertz CT molecular complexity index is 829. The zero-order valence-corrected chi connectivity index (χ0v) is 14.7. The summed E-state index contributed by atoms with van der Waals surface area (Å²) < 4.78 is 5.47. The van der Waals surface area contributed by atoms with Crippen molar-refractivity contribution in [3.8, 4) is 5.75 Å². The minimum Gasteiger partial charge on any atom is -0.545 e. The summed E-state index contributed by atoms with van der Waals surface area (Å²) in [5.74, 6) is -1.08. The van der Waals surface area contributed by atoms with Gasteiger partial charge in [0, 0.05) is 31.7 Å². The number of benzene rings is 2. The van der Waals surface area contributed by atoms with Crippen LogP contribution in [0.15, 0.2) is 54.6 Å². The van der Waals surface area contributed by atoms with Crippen molar-refractivity contribution >= 4 is 17.8 Å². The first-order valence-corrected chi connectivity index (χ1v) is 8.61. The number of carbonyl (C=O) groups is 3. The van der Waals surface area contributed by atoms with Crippen LogP contribution in [0.25, 0.3) is 0 Å². The van der Waals surface area contributed by atoms with Gasteiger partial charge in [0.2, 0.25) is 0 Å². The Morgan fingerprint density at radius 1 is 0.852 bits per heavy atom. The maximum absolute atomic E-state index is 12.5. The van der Waals surface area contributed by atoms with E-state index in [1.54, 1.807) is 28.0 Å². The number of piperazine rings is 1. The molecule has 7 nitrogen and oxygen atoms in total. The number of carbonyl (C=O) groups excluding carboxylic acids is 3. The summed E-state index contributed by atoms with van der Waals surface area (Å²) in [6, 6.07) is 14.9. The topological polar surface area (TPSA) is 90.0 Å². The van der Waals surface area contributed by atoms with E-state index in [1.165, 1.54) is 18.2 Å². The van der Waals surface area contributed by atoms with Crippen molar-refractivity contribution in [2.24, 2.45) is 0 Å². The number of carboxylic acid groups (broad SMARTS) is 1. The van der Waals surface area contributed by atoms with Gasteiger partial charge in [0.1, 0.15) is 5.75 Å². The molecule has 2 aromatic carbocycles. The molecule has 7 heteroatoms. The first-order chi connectivity index (χ1) is 13.0. The van der Waals surface area contributed by atoms with Gasteiger partial charge in [-0.25, -0.2) is 0 Å². The van der Waals surface area contributed by atoms with Crippen LogP contribution in [0.2, 0.25) is 0 Å². The van der Waals surface area contributed by atoms with Crippen LogP contribution in [0.1, 0.15) is 20.7 Å². The maximum atomic E-state index is 12.5. The lowest BCUT2D eigenvalue weighted by Gasteiger charge is -2.34. The molecule has 0 radical (unpaired) electrons. The second kappa shape index (κ2) is 8.35. The van der Waals surface area contributed by atoms with E-state index in [9.17, 15) is 19.5 Å². The van der Waals surface area contributed by atoms with Gasteiger partial charge in [-0.1, -0.05) is 30.3 Å². The van der Waals surface area contributed by atoms with Crippen molar-refractivity contribution in [1.29, 1.82) is 0 Å². The van der Waals surface area contributed by atoms with Crippen LogP contribution < -0.4 is 9.84 Å². The number of aromatic carboxylic acids is 1. The fraction of sp³-hybridized carbons (Fsp3) is 0.250. The molecule has 140 valence electrons. The van der Waals surface area contributed by atoms with E-state index >= 15 is 0 Å². The zero-order valence-electron chi connectivity index (χ0n) is 14.7. The summed E-state index contributed by atoms with van der Waals surface area (Å²) in [6.45, 7) is 1.52. The Balaban J connectivity index is 1.52. The molecule has 1 saturated heterocycles. The van der Waals surface area contributed by atoms with Crippen LogP contribution in [0.4, 0.5) is 0 Å². The van der Waals surface area contributed by atoms with E-state index in [1.807, 2.05) is 18.2 Å². The third kappa shape index (κ3) is 4.63. The average molecular weight is 367 g/mol. The van der Waals surface area contributed by atoms with Crippen molar-refractivity contribution in [2.75, 3.05) is 32.8 Å². The quantitative estimate of drug-likeness (QED) is 0.764. The maximum Gasteiger partial charge on any atom is 0.260 e. The molecule has 2 amide bonds. The molecule has 27 heavy (non-hydrogen) atoms. The first kappa shape index (κ1) is 18.4. The van der Waals surface area contributed by atoms with Crippen LogP contribution in [-0.2, 0) is 4.79 Å². The molecular formula is C20H19N2O5-. The van der Waals surface area contributed by atoms with Crippen molar-refractivity contribution < 1.29 is 24.2 Å². The van der Waals surface area contributed by atoms with E-state index in [0.29, 0.717) is 37.5 Å². The predicted molar refractivity (Wildman–Crippen MR) is 95.2 cm³/mol. The Morgan fingerprint density at radius 2 is 1.48 bits per heavy atom. The van der Waals surface area contributed by atoms with E-state index in [2.05, 4.69) is 0 Å². The SMILES string of the molecule is O=C([O-])c1cccc(C(=O)N2CCN(C(=O)COc3ccccc3)CC2)c1. The summed E-state index contributed by atoms with van der Waals surface area (Å²) in [4.78, 5) is 39.0. The highest BCUT2D eigenvalue weighted by molar-refractivity contribution is 5.97. The van der Waals surface area contributed by atoms with Gasteiger partial charge in [-0.15, -0.1) is 0 Å². The zero-order chi connectivity index (χ0) is 19.2. The van der Waals surface area contributed by atoms with Crippen molar-refractivity contribution in [3.05, 3.63) is 65.7 Å². The van der Waals surface area contributed by atoms with Gasteiger partial charge in [-0.05, 0) is 29.8 Å². The highest BCUT2D eigenvalue weighted by Gasteiger charge is 2.25. The second-order valence-electron chi connectivity index (χ2n) is 6.14. The molecule has 1 aliphatic rings. The standard InChI is InChI=1S/C20H20N2O5/c23-18(14-27-17-7-2-1-3-8-17)21-9-11-22(12-10-21)19(24)15-5-4-6-16(13-15)20(25)26/h1-8,13H,9-12,14H2,(H,25,26)/p-1. The summed E-state index contributed by atoms with van der Waals surface area (Å²) in [5.41, 5.74) is 0.261. The lowest BCUT2D eigenvalue weighted by molar-refractivity contribution is -0.255. The third-order valence-corrected chi connectivity index (χ3v) is 4.37. The Kier molecular flexibility index (Phi) is 5.71. The number of carboxylic acids is 1. The van der Waals surface area contributed by atoms with Crippen molar-refractivity contribution in [3.63, 3.8) is 0 Å². The minimum absolute atomic E-state index is 0.0345. The molecule has 0 N–H and O–H groups in total. The summed E-state index contributed by atoms with van der Waals surface area (Å²) in [5, 5.41) is 10.9. The van der Waals surface area contributed by atoms with Crippen LogP contribution in [-0.4, -0.2) is 60.4 Å². The van der Waals surface area contributed by atoms with Crippen LogP contribution in [0, 0.1) is 0 Å². The number of hydrogen-bond acceptors (Lipinski definition) is 5. The molecule has 0 aromatic heterocycles. The molecule has 0 bridgehead atoms. The number of para-hydroxylation sites is 1. The fourth-order valence-corrected chi connectivity index (χ4v) is 2.87. The van der Waals surface area contributed by atoms with Crippen molar-refractivity contribution in [1.82, 2.24) is 9.80 Å². The molecule has 1 fully saturated rings. The van der Waals surface area contributed by atoms with E-state index < -0.39 is 5.97 Å².